The predicted octanol–water partition coefficient (Wildman–Crippen LogP) is 4.50. The van der Waals surface area contributed by atoms with Gasteiger partial charge in [0.2, 0.25) is 5.88 Å². The summed E-state index contributed by atoms with van der Waals surface area (Å²) in [6, 6.07) is 7.10. The van der Waals surface area contributed by atoms with Gasteiger partial charge in [0.25, 0.3) is 0 Å². The Bertz CT molecular complexity index is 1330. The zero-order valence-electron chi connectivity index (χ0n) is 18.4. The monoisotopic (exact) mass is 432 g/mol. The van der Waals surface area contributed by atoms with E-state index in [0.717, 1.165) is 33.5 Å². The second-order valence-electron chi connectivity index (χ2n) is 8.88. The molecule has 4 aromatic rings. The molecule has 3 aromatic heterocycles. The third-order valence-electron chi connectivity index (χ3n) is 5.51. The lowest BCUT2D eigenvalue weighted by molar-refractivity contribution is 0.254. The molecular weight excluding hydrogens is 408 g/mol. The zero-order chi connectivity index (χ0) is 22.5. The summed E-state index contributed by atoms with van der Waals surface area (Å²) in [6.45, 7) is 9.41. The summed E-state index contributed by atoms with van der Waals surface area (Å²) in [4.78, 5) is 21.5. The van der Waals surface area contributed by atoms with Crippen LogP contribution in [0.3, 0.4) is 0 Å². The van der Waals surface area contributed by atoms with Gasteiger partial charge in [0, 0.05) is 35.7 Å². The van der Waals surface area contributed by atoms with E-state index in [2.05, 4.69) is 25.8 Å². The van der Waals surface area contributed by atoms with Crippen molar-refractivity contribution in [3.8, 4) is 11.6 Å². The van der Waals surface area contributed by atoms with Crippen LogP contribution in [0.4, 0.5) is 10.6 Å². The number of nitrogens with one attached hydrogen (secondary N) is 2. The molecule has 9 heteroatoms. The van der Waals surface area contributed by atoms with Crippen molar-refractivity contribution in [2.24, 2.45) is 0 Å². The number of amides is 1. The predicted molar refractivity (Wildman–Crippen MR) is 119 cm³/mol. The highest BCUT2D eigenvalue weighted by atomic mass is 16.5. The Labute approximate surface area is 184 Å². The van der Waals surface area contributed by atoms with E-state index in [4.69, 9.17) is 9.26 Å². The van der Waals surface area contributed by atoms with Gasteiger partial charge in [-0.05, 0) is 31.2 Å². The average molecular weight is 432 g/mol. The maximum Gasteiger partial charge on any atom is 0.331 e. The molecule has 0 radical (unpaired) electrons. The molecule has 5 rings (SSSR count). The summed E-state index contributed by atoms with van der Waals surface area (Å²) in [5.41, 5.74) is 3.31. The Hall–Kier alpha value is -3.72. The van der Waals surface area contributed by atoms with Gasteiger partial charge in [0.05, 0.1) is 16.8 Å². The van der Waals surface area contributed by atoms with Gasteiger partial charge in [0.15, 0.2) is 5.82 Å². The molecule has 0 saturated carbocycles. The SMILES string of the molecule is Cc1c(NC(=O)n2ccc3cc(Oc4ncnc5c4CNC5)ccc32)noc1C(C)(C)C. The Morgan fingerprint density at radius 3 is 2.84 bits per heavy atom. The van der Waals surface area contributed by atoms with Gasteiger partial charge < -0.3 is 14.6 Å². The molecule has 1 aromatic carbocycles. The molecule has 2 N–H and O–H groups in total. The minimum absolute atomic E-state index is 0.198. The summed E-state index contributed by atoms with van der Waals surface area (Å²) >= 11 is 0. The second kappa shape index (κ2) is 7.45. The van der Waals surface area contributed by atoms with Crippen LogP contribution in [0.25, 0.3) is 10.9 Å². The van der Waals surface area contributed by atoms with E-state index in [1.807, 2.05) is 52.0 Å². The maximum absolute atomic E-state index is 12.9. The molecule has 0 spiro atoms. The lowest BCUT2D eigenvalue weighted by atomic mass is 9.91. The minimum atomic E-state index is -0.315. The van der Waals surface area contributed by atoms with Crippen LogP contribution >= 0.6 is 0 Å². The lowest BCUT2D eigenvalue weighted by Gasteiger charge is -2.14. The smallest absolute Gasteiger partial charge is 0.331 e. The molecular formula is C23H24N6O3. The van der Waals surface area contributed by atoms with Gasteiger partial charge in [-0.2, -0.15) is 0 Å². The number of carbonyl (C=O) groups is 1. The summed E-state index contributed by atoms with van der Waals surface area (Å²) in [6.07, 6.45) is 3.23. The van der Waals surface area contributed by atoms with Crippen LogP contribution in [-0.4, -0.2) is 25.7 Å². The molecule has 0 fully saturated rings. The van der Waals surface area contributed by atoms with Crippen LogP contribution in [0.1, 0.15) is 43.4 Å². The summed E-state index contributed by atoms with van der Waals surface area (Å²) in [7, 11) is 0. The largest absolute Gasteiger partial charge is 0.439 e. The van der Waals surface area contributed by atoms with E-state index in [1.54, 1.807) is 6.20 Å². The van der Waals surface area contributed by atoms with E-state index in [-0.39, 0.29) is 11.4 Å². The first-order chi connectivity index (χ1) is 15.3. The van der Waals surface area contributed by atoms with Crippen molar-refractivity contribution in [3.05, 3.63) is 59.4 Å². The molecule has 0 bridgehead atoms. The van der Waals surface area contributed by atoms with Gasteiger partial charge >= 0.3 is 6.03 Å². The van der Waals surface area contributed by atoms with Gasteiger partial charge in [-0.15, -0.1) is 0 Å². The number of aromatic nitrogens is 4. The van der Waals surface area contributed by atoms with E-state index in [9.17, 15) is 4.79 Å². The first-order valence-electron chi connectivity index (χ1n) is 10.4. The first kappa shape index (κ1) is 20.2. The fourth-order valence-electron chi connectivity index (χ4n) is 3.94. The number of rotatable bonds is 3. The molecule has 0 atom stereocenters. The third-order valence-corrected chi connectivity index (χ3v) is 5.51. The number of hydrogen-bond acceptors (Lipinski definition) is 7. The van der Waals surface area contributed by atoms with Crippen LogP contribution < -0.4 is 15.4 Å². The second-order valence-corrected chi connectivity index (χ2v) is 8.88. The maximum atomic E-state index is 12.9. The fraction of sp³-hybridized carbons (Fsp3) is 0.304. The van der Waals surface area contributed by atoms with Crippen molar-refractivity contribution < 1.29 is 14.1 Å². The van der Waals surface area contributed by atoms with Crippen molar-refractivity contribution in [1.82, 2.24) is 25.0 Å². The molecule has 9 nitrogen and oxygen atoms in total. The van der Waals surface area contributed by atoms with Crippen LogP contribution in [0.2, 0.25) is 0 Å². The number of hydrogen-bond donors (Lipinski definition) is 2. The van der Waals surface area contributed by atoms with Gasteiger partial charge in [-0.25, -0.2) is 14.8 Å². The summed E-state index contributed by atoms with van der Waals surface area (Å²) in [5, 5.41) is 11.0. The van der Waals surface area contributed by atoms with E-state index in [1.165, 1.54) is 10.9 Å². The molecule has 1 aliphatic rings. The number of anilines is 1. The third kappa shape index (κ3) is 3.50. The van der Waals surface area contributed by atoms with Gasteiger partial charge in [-0.1, -0.05) is 25.9 Å². The first-order valence-corrected chi connectivity index (χ1v) is 10.4. The number of nitrogens with zero attached hydrogens (tertiary/aromatic N) is 4. The molecule has 1 aliphatic heterocycles. The number of ether oxygens (including phenoxy) is 1. The fourth-order valence-corrected chi connectivity index (χ4v) is 3.94. The molecule has 164 valence electrons. The molecule has 0 unspecified atom stereocenters. The van der Waals surface area contributed by atoms with Crippen LogP contribution in [0.5, 0.6) is 11.6 Å². The zero-order valence-corrected chi connectivity index (χ0v) is 18.4. The Kier molecular flexibility index (Phi) is 4.70. The topological polar surface area (TPSA) is 107 Å². The van der Waals surface area contributed by atoms with Crippen molar-refractivity contribution in [1.29, 1.82) is 0 Å². The van der Waals surface area contributed by atoms with Crippen molar-refractivity contribution in [3.63, 3.8) is 0 Å². The summed E-state index contributed by atoms with van der Waals surface area (Å²) < 4.78 is 13.0. The highest BCUT2D eigenvalue weighted by molar-refractivity contribution is 5.98. The normalized spacial score (nSPS) is 13.4. The van der Waals surface area contributed by atoms with E-state index < -0.39 is 0 Å². The number of carbonyl (C=O) groups excluding carboxylic acids is 1. The molecule has 0 saturated heterocycles. The van der Waals surface area contributed by atoms with Gasteiger partial charge in [0.1, 0.15) is 17.8 Å². The minimum Gasteiger partial charge on any atom is -0.439 e. The van der Waals surface area contributed by atoms with Crippen LogP contribution in [-0.2, 0) is 18.5 Å². The van der Waals surface area contributed by atoms with Crippen molar-refractivity contribution in [2.75, 3.05) is 5.32 Å². The highest BCUT2D eigenvalue weighted by Crippen LogP contribution is 2.31. The van der Waals surface area contributed by atoms with E-state index >= 15 is 0 Å². The Morgan fingerprint density at radius 1 is 1.22 bits per heavy atom. The number of fused-ring (bicyclic) bond motifs is 2. The molecule has 0 aliphatic carbocycles. The van der Waals surface area contributed by atoms with Crippen LogP contribution in [0, 0.1) is 6.92 Å². The highest BCUT2D eigenvalue weighted by Gasteiger charge is 2.25. The van der Waals surface area contributed by atoms with Gasteiger partial charge in [-0.3, -0.25) is 9.88 Å². The lowest BCUT2D eigenvalue weighted by Crippen LogP contribution is -2.19. The standard InChI is InChI=1S/C23H24N6O3/c1-13-19(23(2,3)4)32-28-20(13)27-22(30)29-8-7-14-9-15(5-6-18(14)29)31-21-16-10-24-11-17(16)25-12-26-21/h5-9,12,24H,10-11H2,1-4H3,(H,27,28,30). The number of benzene rings is 1. The average Bonchev–Trinajstić information content (AvgIpc) is 3.46. The van der Waals surface area contributed by atoms with Crippen molar-refractivity contribution in [2.45, 2.75) is 46.2 Å². The summed E-state index contributed by atoms with van der Waals surface area (Å²) in [5.74, 6) is 2.37. The molecule has 1 amide bonds. The van der Waals surface area contributed by atoms with Crippen molar-refractivity contribution >= 4 is 22.8 Å². The van der Waals surface area contributed by atoms with Crippen LogP contribution in [0.15, 0.2) is 41.3 Å². The Balaban J connectivity index is 1.38. The molecule has 32 heavy (non-hydrogen) atoms. The van der Waals surface area contributed by atoms with E-state index in [0.29, 0.717) is 30.5 Å². The molecule has 4 heterocycles. The quantitative estimate of drug-likeness (QED) is 0.491. The Morgan fingerprint density at radius 2 is 2.06 bits per heavy atom.